The first-order chi connectivity index (χ1) is 12.1. The van der Waals surface area contributed by atoms with Crippen molar-refractivity contribution in [3.8, 4) is 0 Å². The summed E-state index contributed by atoms with van der Waals surface area (Å²) in [6.45, 7) is 0.115. The Morgan fingerprint density at radius 2 is 1.80 bits per heavy atom. The molecule has 0 radical (unpaired) electrons. The summed E-state index contributed by atoms with van der Waals surface area (Å²) in [5.41, 5.74) is 2.45. The minimum Gasteiger partial charge on any atom is -0.455 e. The van der Waals surface area contributed by atoms with Gasteiger partial charge in [0.1, 0.15) is 5.82 Å². The van der Waals surface area contributed by atoms with Crippen LogP contribution in [0.25, 0.3) is 0 Å². The largest absolute Gasteiger partial charge is 0.455 e. The highest BCUT2D eigenvalue weighted by Crippen LogP contribution is 2.14. The fourth-order valence-corrected chi connectivity index (χ4v) is 2.51. The molecule has 0 unspecified atom stereocenters. The molecular formula is C19H17FN2O3. The molecule has 0 bridgehead atoms. The summed E-state index contributed by atoms with van der Waals surface area (Å²) in [5.74, 6) is -1.27. The molecule has 128 valence electrons. The van der Waals surface area contributed by atoms with Crippen molar-refractivity contribution in [1.29, 1.82) is 0 Å². The van der Waals surface area contributed by atoms with Gasteiger partial charge in [0.2, 0.25) is 0 Å². The maximum atomic E-state index is 12.8. The first-order valence-electron chi connectivity index (χ1n) is 7.95. The molecule has 0 saturated carbocycles. The molecule has 2 aromatic rings. The van der Waals surface area contributed by atoms with Crippen LogP contribution in [-0.2, 0) is 20.7 Å². The zero-order valence-corrected chi connectivity index (χ0v) is 13.5. The van der Waals surface area contributed by atoms with Crippen LogP contribution in [0.3, 0.4) is 0 Å². The monoisotopic (exact) mass is 340 g/mol. The second-order valence-corrected chi connectivity index (χ2v) is 5.64. The molecule has 0 spiro atoms. The van der Waals surface area contributed by atoms with Gasteiger partial charge < -0.3 is 4.74 Å². The van der Waals surface area contributed by atoms with Gasteiger partial charge in [-0.15, -0.1) is 0 Å². The highest BCUT2D eigenvalue weighted by atomic mass is 19.1. The Morgan fingerprint density at radius 1 is 1.08 bits per heavy atom. The fraction of sp³-hybridized carbons (Fsp3) is 0.211. The summed E-state index contributed by atoms with van der Waals surface area (Å²) < 4.78 is 17.8. The smallest absolute Gasteiger partial charge is 0.310 e. The summed E-state index contributed by atoms with van der Waals surface area (Å²) in [6.07, 6.45) is 0.658. The molecule has 1 amide bonds. The third-order valence-corrected chi connectivity index (χ3v) is 3.82. The lowest BCUT2D eigenvalue weighted by molar-refractivity contribution is -0.151. The minimum absolute atomic E-state index is 0.00784. The molecule has 6 heteroatoms. The molecule has 0 aliphatic carbocycles. The van der Waals surface area contributed by atoms with Crippen molar-refractivity contribution in [1.82, 2.24) is 5.01 Å². The lowest BCUT2D eigenvalue weighted by Crippen LogP contribution is -2.29. The SMILES string of the molecule is O=C(Cc1ccc(F)cc1)OCC(=O)N1CCC(c2ccccc2)=N1. The third-order valence-electron chi connectivity index (χ3n) is 3.82. The van der Waals surface area contributed by atoms with Crippen LogP contribution in [0.15, 0.2) is 59.7 Å². The van der Waals surface area contributed by atoms with Crippen LogP contribution >= 0.6 is 0 Å². The lowest BCUT2D eigenvalue weighted by atomic mass is 10.1. The highest BCUT2D eigenvalue weighted by molar-refractivity contribution is 6.02. The molecule has 5 nitrogen and oxygen atoms in total. The summed E-state index contributed by atoms with van der Waals surface area (Å²) in [6, 6.07) is 15.2. The van der Waals surface area contributed by atoms with Gasteiger partial charge in [-0.3, -0.25) is 9.59 Å². The van der Waals surface area contributed by atoms with Gasteiger partial charge in [-0.2, -0.15) is 5.10 Å². The van der Waals surface area contributed by atoms with Crippen molar-refractivity contribution in [2.24, 2.45) is 5.10 Å². The van der Waals surface area contributed by atoms with Crippen molar-refractivity contribution >= 4 is 17.6 Å². The molecule has 0 fully saturated rings. The van der Waals surface area contributed by atoms with Crippen LogP contribution in [0.5, 0.6) is 0 Å². The zero-order chi connectivity index (χ0) is 17.6. The van der Waals surface area contributed by atoms with Gasteiger partial charge in [0.05, 0.1) is 18.7 Å². The van der Waals surface area contributed by atoms with E-state index in [2.05, 4.69) is 5.10 Å². The van der Waals surface area contributed by atoms with Crippen LogP contribution in [0, 0.1) is 5.82 Å². The van der Waals surface area contributed by atoms with Gasteiger partial charge in [-0.25, -0.2) is 9.40 Å². The normalized spacial score (nSPS) is 13.5. The molecule has 1 aliphatic heterocycles. The van der Waals surface area contributed by atoms with Gasteiger partial charge in [-0.05, 0) is 23.3 Å². The van der Waals surface area contributed by atoms with E-state index in [1.807, 2.05) is 30.3 Å². The summed E-state index contributed by atoms with van der Waals surface area (Å²) >= 11 is 0. The zero-order valence-electron chi connectivity index (χ0n) is 13.5. The number of hydrogen-bond acceptors (Lipinski definition) is 4. The average Bonchev–Trinajstić information content (AvgIpc) is 3.13. The van der Waals surface area contributed by atoms with Gasteiger partial charge in [0.15, 0.2) is 6.61 Å². The van der Waals surface area contributed by atoms with Crippen LogP contribution in [0.4, 0.5) is 4.39 Å². The molecule has 0 atom stereocenters. The molecule has 0 saturated heterocycles. The molecule has 1 heterocycles. The molecular weight excluding hydrogens is 323 g/mol. The first-order valence-corrected chi connectivity index (χ1v) is 7.95. The van der Waals surface area contributed by atoms with E-state index in [4.69, 9.17) is 4.74 Å². The van der Waals surface area contributed by atoms with Crippen LogP contribution in [-0.4, -0.2) is 35.7 Å². The van der Waals surface area contributed by atoms with Crippen LogP contribution in [0.2, 0.25) is 0 Å². The maximum Gasteiger partial charge on any atom is 0.310 e. The van der Waals surface area contributed by atoms with Crippen molar-refractivity contribution in [3.63, 3.8) is 0 Å². The number of carbonyl (C=O) groups is 2. The van der Waals surface area contributed by atoms with E-state index in [0.717, 1.165) is 11.3 Å². The Labute approximate surface area is 144 Å². The number of ether oxygens (including phenoxy) is 1. The Balaban J connectivity index is 1.50. The number of carbonyl (C=O) groups excluding carboxylic acids is 2. The van der Waals surface area contributed by atoms with Crippen molar-refractivity contribution in [3.05, 3.63) is 71.5 Å². The van der Waals surface area contributed by atoms with E-state index in [9.17, 15) is 14.0 Å². The Hall–Kier alpha value is -3.02. The summed E-state index contributed by atoms with van der Waals surface area (Å²) in [5, 5.41) is 5.62. The van der Waals surface area contributed by atoms with Crippen molar-refractivity contribution < 1.29 is 18.7 Å². The number of nitrogens with zero attached hydrogens (tertiary/aromatic N) is 2. The van der Waals surface area contributed by atoms with E-state index in [0.29, 0.717) is 18.5 Å². The number of halogens is 1. The quantitative estimate of drug-likeness (QED) is 0.786. The number of esters is 1. The lowest BCUT2D eigenvalue weighted by Gasteiger charge is -2.11. The van der Waals surface area contributed by atoms with Gasteiger partial charge in [0, 0.05) is 6.42 Å². The predicted molar refractivity (Wildman–Crippen MR) is 90.4 cm³/mol. The van der Waals surface area contributed by atoms with E-state index in [-0.39, 0.29) is 24.8 Å². The van der Waals surface area contributed by atoms with Gasteiger partial charge in [-0.1, -0.05) is 42.5 Å². The number of benzene rings is 2. The van der Waals surface area contributed by atoms with E-state index < -0.39 is 5.97 Å². The van der Waals surface area contributed by atoms with Crippen molar-refractivity contribution in [2.75, 3.05) is 13.2 Å². The van der Waals surface area contributed by atoms with Crippen molar-refractivity contribution in [2.45, 2.75) is 12.8 Å². The number of amides is 1. The molecule has 1 aliphatic rings. The minimum atomic E-state index is -0.536. The molecule has 2 aromatic carbocycles. The van der Waals surface area contributed by atoms with Gasteiger partial charge >= 0.3 is 5.97 Å². The van der Waals surface area contributed by atoms with Gasteiger partial charge in [0.25, 0.3) is 5.91 Å². The molecule has 0 aromatic heterocycles. The Kier molecular flexibility index (Phi) is 5.18. The standard InChI is InChI=1S/C19H17FN2O3/c20-16-8-6-14(7-9-16)12-19(24)25-13-18(23)22-11-10-17(21-22)15-4-2-1-3-5-15/h1-9H,10-13H2. The topological polar surface area (TPSA) is 59.0 Å². The number of rotatable bonds is 5. The van der Waals surface area contributed by atoms with E-state index >= 15 is 0 Å². The first kappa shape index (κ1) is 16.8. The molecule has 0 N–H and O–H groups in total. The Morgan fingerprint density at radius 3 is 2.52 bits per heavy atom. The number of hydrazone groups is 1. The Bertz CT molecular complexity index is 788. The second-order valence-electron chi connectivity index (χ2n) is 5.64. The van der Waals surface area contributed by atoms with Crippen LogP contribution in [0.1, 0.15) is 17.5 Å². The van der Waals surface area contributed by atoms with Crippen LogP contribution < -0.4 is 0 Å². The summed E-state index contributed by atoms with van der Waals surface area (Å²) in [4.78, 5) is 23.9. The number of hydrogen-bond donors (Lipinski definition) is 0. The van der Waals surface area contributed by atoms with E-state index in [1.54, 1.807) is 0 Å². The summed E-state index contributed by atoms with van der Waals surface area (Å²) in [7, 11) is 0. The average molecular weight is 340 g/mol. The molecule has 25 heavy (non-hydrogen) atoms. The molecule has 3 rings (SSSR count). The fourth-order valence-electron chi connectivity index (χ4n) is 2.51. The second kappa shape index (κ2) is 7.70. The maximum absolute atomic E-state index is 12.8. The van der Waals surface area contributed by atoms with E-state index in [1.165, 1.54) is 29.3 Å². The third kappa shape index (κ3) is 4.50. The predicted octanol–water partition coefficient (Wildman–Crippen LogP) is 2.55. The highest BCUT2D eigenvalue weighted by Gasteiger charge is 2.22.